The van der Waals surface area contributed by atoms with Gasteiger partial charge in [0.25, 0.3) is 0 Å². The number of carbonyl (C=O) groups excluding carboxylic acids is 1. The third kappa shape index (κ3) is 1.72. The molecule has 0 spiro atoms. The van der Waals surface area contributed by atoms with E-state index in [1.165, 1.54) is 6.92 Å². The highest BCUT2D eigenvalue weighted by Crippen LogP contribution is 2.47. The van der Waals surface area contributed by atoms with E-state index in [0.717, 1.165) is 13.8 Å². The van der Waals surface area contributed by atoms with E-state index >= 15 is 0 Å². The monoisotopic (exact) mass is 236 g/mol. The number of hydrogen-bond donors (Lipinski definition) is 1. The van der Waals surface area contributed by atoms with E-state index in [1.807, 2.05) is 0 Å². The van der Waals surface area contributed by atoms with Crippen LogP contribution in [0, 0.1) is 0 Å². The Morgan fingerprint density at radius 3 is 2.31 bits per heavy atom. The molecule has 1 aliphatic rings. The first-order chi connectivity index (χ1) is 7.03. The van der Waals surface area contributed by atoms with Gasteiger partial charge in [-0.15, -0.1) is 0 Å². The van der Waals surface area contributed by atoms with Crippen LogP contribution in [0.25, 0.3) is 0 Å². The molecule has 1 fully saturated rings. The lowest BCUT2D eigenvalue weighted by Crippen LogP contribution is -2.55. The molecule has 6 heteroatoms. The maximum atomic E-state index is 13.7. The number of hydrogen-bond acceptors (Lipinski definition) is 4. The first-order valence-electron chi connectivity index (χ1n) is 4.66. The first-order valence-corrected chi connectivity index (χ1v) is 4.66. The van der Waals surface area contributed by atoms with Gasteiger partial charge in [-0.25, -0.2) is 4.79 Å². The van der Waals surface area contributed by atoms with E-state index in [9.17, 15) is 18.7 Å². The van der Waals surface area contributed by atoms with Crippen molar-refractivity contribution in [2.24, 2.45) is 0 Å². The predicted octanol–water partition coefficient (Wildman–Crippen LogP) is 1.24. The molecule has 1 rings (SSSR count). The van der Waals surface area contributed by atoms with Gasteiger partial charge >= 0.3 is 11.9 Å². The number of ether oxygens (including phenoxy) is 2. The Morgan fingerprint density at radius 1 is 1.50 bits per heavy atom. The number of carbonyl (C=O) groups is 1. The number of aliphatic hydroxyl groups is 1. The third-order valence-corrected chi connectivity index (χ3v) is 2.54. The Balaban J connectivity index is 2.96. The van der Waals surface area contributed by atoms with Gasteiger partial charge in [0.2, 0.25) is 11.4 Å². The van der Waals surface area contributed by atoms with Crippen molar-refractivity contribution in [2.45, 2.75) is 38.1 Å². The smallest absolute Gasteiger partial charge is 0.340 e. The van der Waals surface area contributed by atoms with Crippen molar-refractivity contribution in [3.63, 3.8) is 0 Å². The molecule has 1 heterocycles. The van der Waals surface area contributed by atoms with Gasteiger partial charge in [-0.2, -0.15) is 8.78 Å². The van der Waals surface area contributed by atoms with Gasteiger partial charge in [0.15, 0.2) is 0 Å². The fourth-order valence-corrected chi connectivity index (χ4v) is 1.34. The average molecular weight is 236 g/mol. The molecule has 0 aromatic carbocycles. The largest absolute Gasteiger partial charge is 0.447 e. The lowest BCUT2D eigenvalue weighted by molar-refractivity contribution is -0.282. The zero-order valence-corrected chi connectivity index (χ0v) is 9.34. The second-order valence-corrected chi connectivity index (χ2v) is 4.25. The summed E-state index contributed by atoms with van der Waals surface area (Å²) in [5.41, 5.74) is -2.18. The minimum Gasteiger partial charge on any atom is -0.447 e. The standard InChI is InChI=1S/C10H14F2O4/c1-6(2)7(13)16-8(3)5-15-9(4,14)10(8,11)12/h14H,1,5H2,2-4H3. The van der Waals surface area contributed by atoms with Crippen molar-refractivity contribution in [1.82, 2.24) is 0 Å². The van der Waals surface area contributed by atoms with Crippen LogP contribution in [-0.4, -0.2) is 35.0 Å². The molecular formula is C10H14F2O4. The molecule has 0 saturated carbocycles. The summed E-state index contributed by atoms with van der Waals surface area (Å²) in [5, 5.41) is 9.32. The lowest BCUT2D eigenvalue weighted by atomic mass is 9.95. The maximum absolute atomic E-state index is 13.7. The highest BCUT2D eigenvalue weighted by Gasteiger charge is 2.70. The van der Waals surface area contributed by atoms with E-state index in [4.69, 9.17) is 0 Å². The van der Waals surface area contributed by atoms with E-state index < -0.39 is 29.9 Å². The summed E-state index contributed by atoms with van der Waals surface area (Å²) in [7, 11) is 0. The molecule has 0 aromatic rings. The molecule has 0 bridgehead atoms. The van der Waals surface area contributed by atoms with E-state index in [1.54, 1.807) is 0 Å². The van der Waals surface area contributed by atoms with Crippen molar-refractivity contribution in [1.29, 1.82) is 0 Å². The molecule has 16 heavy (non-hydrogen) atoms. The van der Waals surface area contributed by atoms with Crippen LogP contribution in [0.15, 0.2) is 12.2 Å². The molecule has 0 radical (unpaired) electrons. The second kappa shape index (κ2) is 3.49. The van der Waals surface area contributed by atoms with E-state index in [0.29, 0.717) is 0 Å². The van der Waals surface area contributed by atoms with Crippen LogP contribution < -0.4 is 0 Å². The third-order valence-electron chi connectivity index (χ3n) is 2.54. The molecule has 4 nitrogen and oxygen atoms in total. The fraction of sp³-hybridized carbons (Fsp3) is 0.700. The van der Waals surface area contributed by atoms with Crippen LogP contribution in [0.2, 0.25) is 0 Å². The molecule has 92 valence electrons. The normalized spacial score (nSPS) is 37.1. The van der Waals surface area contributed by atoms with Gasteiger partial charge in [-0.05, 0) is 20.8 Å². The van der Waals surface area contributed by atoms with Crippen LogP contribution >= 0.6 is 0 Å². The van der Waals surface area contributed by atoms with E-state index in [2.05, 4.69) is 16.1 Å². The predicted molar refractivity (Wildman–Crippen MR) is 50.8 cm³/mol. The zero-order valence-electron chi connectivity index (χ0n) is 9.34. The summed E-state index contributed by atoms with van der Waals surface area (Å²) < 4.78 is 36.6. The van der Waals surface area contributed by atoms with Gasteiger partial charge in [0, 0.05) is 5.57 Å². The lowest BCUT2D eigenvalue weighted by Gasteiger charge is -2.33. The van der Waals surface area contributed by atoms with Crippen molar-refractivity contribution in [3.05, 3.63) is 12.2 Å². The SMILES string of the molecule is C=C(C)C(=O)OC1(C)COC(C)(O)C1(F)F. The minimum atomic E-state index is -3.69. The highest BCUT2D eigenvalue weighted by molar-refractivity contribution is 5.87. The van der Waals surface area contributed by atoms with Gasteiger partial charge < -0.3 is 14.6 Å². The molecule has 0 amide bonds. The van der Waals surface area contributed by atoms with Crippen LogP contribution in [-0.2, 0) is 14.3 Å². The fourth-order valence-electron chi connectivity index (χ4n) is 1.34. The van der Waals surface area contributed by atoms with Gasteiger partial charge in [0.1, 0.15) is 0 Å². The quantitative estimate of drug-likeness (QED) is 0.579. The summed E-state index contributed by atoms with van der Waals surface area (Å²) in [5.74, 6) is -7.27. The van der Waals surface area contributed by atoms with Crippen molar-refractivity contribution in [2.75, 3.05) is 6.61 Å². The number of esters is 1. The molecule has 2 unspecified atom stereocenters. The zero-order chi connectivity index (χ0) is 12.8. The van der Waals surface area contributed by atoms with Crippen LogP contribution in [0.3, 0.4) is 0 Å². The molecule has 0 aliphatic carbocycles. The van der Waals surface area contributed by atoms with Gasteiger partial charge in [-0.1, -0.05) is 6.58 Å². The Bertz CT molecular complexity index is 338. The van der Waals surface area contributed by atoms with Crippen molar-refractivity contribution < 1.29 is 28.2 Å². The number of rotatable bonds is 2. The Kier molecular flexibility index (Phi) is 2.85. The maximum Gasteiger partial charge on any atom is 0.340 e. The Labute approximate surface area is 91.8 Å². The summed E-state index contributed by atoms with van der Waals surface area (Å²) >= 11 is 0. The summed E-state index contributed by atoms with van der Waals surface area (Å²) in [6.45, 7) is 5.89. The minimum absolute atomic E-state index is 0.00330. The Hall–Kier alpha value is -1.01. The van der Waals surface area contributed by atoms with Crippen LogP contribution in [0.4, 0.5) is 8.78 Å². The topological polar surface area (TPSA) is 55.8 Å². The second-order valence-electron chi connectivity index (χ2n) is 4.25. The summed E-state index contributed by atoms with van der Waals surface area (Å²) in [6.07, 6.45) is 0. The highest BCUT2D eigenvalue weighted by atomic mass is 19.3. The molecule has 0 aromatic heterocycles. The van der Waals surface area contributed by atoms with Crippen LogP contribution in [0.5, 0.6) is 0 Å². The van der Waals surface area contributed by atoms with Crippen molar-refractivity contribution >= 4 is 5.97 Å². The summed E-state index contributed by atoms with van der Waals surface area (Å²) in [6, 6.07) is 0. The molecule has 2 atom stereocenters. The molecule has 1 N–H and O–H groups in total. The average Bonchev–Trinajstić information content (AvgIpc) is 2.27. The van der Waals surface area contributed by atoms with Gasteiger partial charge in [-0.3, -0.25) is 0 Å². The summed E-state index contributed by atoms with van der Waals surface area (Å²) in [4.78, 5) is 11.2. The number of alkyl halides is 2. The Morgan fingerprint density at radius 2 is 2.00 bits per heavy atom. The van der Waals surface area contributed by atoms with E-state index in [-0.39, 0.29) is 5.57 Å². The molecule has 1 aliphatic heterocycles. The molecular weight excluding hydrogens is 222 g/mol. The number of halogens is 2. The van der Waals surface area contributed by atoms with Crippen molar-refractivity contribution in [3.8, 4) is 0 Å². The molecule has 1 saturated heterocycles. The van der Waals surface area contributed by atoms with Gasteiger partial charge in [0.05, 0.1) is 6.61 Å². The first kappa shape index (κ1) is 13.1. The van der Waals surface area contributed by atoms with Crippen LogP contribution in [0.1, 0.15) is 20.8 Å².